The lowest BCUT2D eigenvalue weighted by atomic mass is 10.2. The number of hydrogen-bond donors (Lipinski definition) is 2. The van der Waals surface area contributed by atoms with Gasteiger partial charge in [0.05, 0.1) is 17.3 Å². The molecule has 0 spiro atoms. The van der Waals surface area contributed by atoms with Crippen molar-refractivity contribution in [1.29, 1.82) is 0 Å². The third-order valence-corrected chi connectivity index (χ3v) is 4.09. The van der Waals surface area contributed by atoms with E-state index in [1.54, 1.807) is 30.5 Å². The minimum atomic E-state index is -0.249. The van der Waals surface area contributed by atoms with Gasteiger partial charge in [0.15, 0.2) is 10.8 Å². The lowest BCUT2D eigenvalue weighted by Crippen LogP contribution is -2.11. The molecule has 0 radical (unpaired) electrons. The van der Waals surface area contributed by atoms with Crippen LogP contribution in [-0.2, 0) is 0 Å². The van der Waals surface area contributed by atoms with Crippen molar-refractivity contribution in [2.24, 2.45) is 0 Å². The molecule has 1 amide bonds. The third-order valence-electron chi connectivity index (χ3n) is 3.24. The van der Waals surface area contributed by atoms with E-state index in [0.29, 0.717) is 21.5 Å². The molecule has 3 heterocycles. The van der Waals surface area contributed by atoms with Crippen molar-refractivity contribution in [2.75, 3.05) is 5.32 Å². The van der Waals surface area contributed by atoms with Crippen LogP contribution in [0.15, 0.2) is 41.0 Å². The van der Waals surface area contributed by atoms with E-state index in [2.05, 4.69) is 25.5 Å². The first-order chi connectivity index (χ1) is 12.2. The van der Waals surface area contributed by atoms with Crippen LogP contribution in [0.3, 0.4) is 0 Å². The summed E-state index contributed by atoms with van der Waals surface area (Å²) in [6.45, 7) is 5.87. The normalized spacial score (nSPS) is 10.4. The van der Waals surface area contributed by atoms with Crippen molar-refractivity contribution < 1.29 is 9.21 Å². The predicted molar refractivity (Wildman–Crippen MR) is 97.7 cm³/mol. The third kappa shape index (κ3) is 3.58. The summed E-state index contributed by atoms with van der Waals surface area (Å²) in [5, 5.41) is 11.7. The highest BCUT2D eigenvalue weighted by Crippen LogP contribution is 2.26. The molecule has 128 valence electrons. The number of imidazole rings is 1. The number of nitrogens with one attached hydrogen (secondary N) is 2. The van der Waals surface area contributed by atoms with Gasteiger partial charge in [-0.1, -0.05) is 25.2 Å². The van der Waals surface area contributed by atoms with Crippen LogP contribution in [0.5, 0.6) is 0 Å². The van der Waals surface area contributed by atoms with E-state index in [0.717, 1.165) is 16.9 Å². The Kier molecular flexibility index (Phi) is 4.90. The van der Waals surface area contributed by atoms with Crippen LogP contribution in [0.2, 0.25) is 0 Å². The Morgan fingerprint density at radius 1 is 1.24 bits per heavy atom. The summed E-state index contributed by atoms with van der Waals surface area (Å²) < 4.78 is 5.26. The fourth-order valence-corrected chi connectivity index (χ4v) is 2.93. The second-order valence-electron chi connectivity index (χ2n) is 4.90. The molecule has 25 heavy (non-hydrogen) atoms. The number of aromatic amines is 1. The van der Waals surface area contributed by atoms with Crippen LogP contribution >= 0.6 is 11.3 Å². The Morgan fingerprint density at radius 2 is 2.08 bits per heavy atom. The van der Waals surface area contributed by atoms with E-state index >= 15 is 0 Å². The number of carbonyl (C=O) groups is 1. The lowest BCUT2D eigenvalue weighted by molar-refractivity contribution is 0.102. The molecule has 0 aliphatic heterocycles. The Morgan fingerprint density at radius 3 is 2.84 bits per heavy atom. The number of aryl methyl sites for hydroxylation is 1. The van der Waals surface area contributed by atoms with E-state index in [-0.39, 0.29) is 5.91 Å². The van der Waals surface area contributed by atoms with Crippen LogP contribution in [0.25, 0.3) is 21.8 Å². The van der Waals surface area contributed by atoms with Gasteiger partial charge in [-0.2, -0.15) is 0 Å². The van der Waals surface area contributed by atoms with Gasteiger partial charge in [-0.05, 0) is 37.3 Å². The summed E-state index contributed by atoms with van der Waals surface area (Å²) >= 11 is 1.25. The maximum atomic E-state index is 12.3. The van der Waals surface area contributed by atoms with E-state index in [4.69, 9.17) is 4.42 Å². The Bertz CT molecular complexity index is 988. The predicted octanol–water partition coefficient (Wildman–Crippen LogP) is 4.26. The number of rotatable bonds is 3. The molecule has 7 nitrogen and oxygen atoms in total. The first-order valence-corrected chi connectivity index (χ1v) is 8.66. The summed E-state index contributed by atoms with van der Waals surface area (Å²) in [7, 11) is 0. The summed E-state index contributed by atoms with van der Waals surface area (Å²) in [6.07, 6.45) is 1.57. The Balaban J connectivity index is 0.000000880. The highest BCUT2D eigenvalue weighted by atomic mass is 32.1. The standard InChI is InChI=1S/C15H11N5O2S.C2H6/c1-8-16-10-5-4-9(7-11(10)17-8)13(21)18-15-20-19-14(23-15)12-3-2-6-22-12;1-2/h2-7H,1H3,(H,16,17)(H,18,20,21);1-2H3. The Hall–Kier alpha value is -3.00. The first-order valence-electron chi connectivity index (χ1n) is 7.84. The molecule has 0 atom stereocenters. The molecule has 4 aromatic rings. The molecule has 4 rings (SSSR count). The maximum absolute atomic E-state index is 12.3. The average molecular weight is 355 g/mol. The van der Waals surface area contributed by atoms with Crippen LogP contribution < -0.4 is 5.32 Å². The zero-order valence-corrected chi connectivity index (χ0v) is 14.8. The largest absolute Gasteiger partial charge is 0.462 e. The van der Waals surface area contributed by atoms with Gasteiger partial charge in [-0.3, -0.25) is 10.1 Å². The molecule has 0 fully saturated rings. The van der Waals surface area contributed by atoms with E-state index in [1.807, 2.05) is 26.8 Å². The van der Waals surface area contributed by atoms with Gasteiger partial charge in [0.1, 0.15) is 5.82 Å². The van der Waals surface area contributed by atoms with Crippen LogP contribution in [0.1, 0.15) is 30.0 Å². The molecule has 3 aromatic heterocycles. The van der Waals surface area contributed by atoms with Crippen molar-refractivity contribution >= 4 is 33.4 Å². The molecule has 0 bridgehead atoms. The van der Waals surface area contributed by atoms with Gasteiger partial charge in [-0.25, -0.2) is 4.98 Å². The number of benzene rings is 1. The molecule has 0 unspecified atom stereocenters. The molecule has 0 saturated carbocycles. The maximum Gasteiger partial charge on any atom is 0.257 e. The number of fused-ring (bicyclic) bond motifs is 1. The minimum Gasteiger partial charge on any atom is -0.462 e. The second-order valence-corrected chi connectivity index (χ2v) is 5.88. The SMILES string of the molecule is CC.Cc1nc2ccc(C(=O)Nc3nnc(-c4ccco4)s3)cc2[nH]1. The number of H-pyrrole nitrogens is 1. The number of carbonyl (C=O) groups excluding carboxylic acids is 1. The Labute approximate surface area is 148 Å². The number of aromatic nitrogens is 4. The molecule has 0 aliphatic rings. The highest BCUT2D eigenvalue weighted by molar-refractivity contribution is 7.18. The number of amides is 1. The molecule has 2 N–H and O–H groups in total. The quantitative estimate of drug-likeness (QED) is 0.572. The number of anilines is 1. The van der Waals surface area contributed by atoms with Crippen molar-refractivity contribution in [1.82, 2.24) is 20.2 Å². The summed E-state index contributed by atoms with van der Waals surface area (Å²) in [5.74, 6) is 1.18. The smallest absolute Gasteiger partial charge is 0.257 e. The summed E-state index contributed by atoms with van der Waals surface area (Å²) in [4.78, 5) is 19.8. The number of furan rings is 1. The number of nitrogens with zero attached hydrogens (tertiary/aromatic N) is 3. The molecular formula is C17H17N5O2S. The topological polar surface area (TPSA) is 96.7 Å². The zero-order valence-electron chi connectivity index (χ0n) is 14.0. The monoisotopic (exact) mass is 355 g/mol. The molecule has 0 aliphatic carbocycles. The van der Waals surface area contributed by atoms with Gasteiger partial charge in [0, 0.05) is 5.56 Å². The average Bonchev–Trinajstić information content (AvgIpc) is 3.35. The van der Waals surface area contributed by atoms with Crippen molar-refractivity contribution in [2.45, 2.75) is 20.8 Å². The molecular weight excluding hydrogens is 338 g/mol. The second kappa shape index (κ2) is 7.27. The van der Waals surface area contributed by atoms with Gasteiger partial charge >= 0.3 is 0 Å². The van der Waals surface area contributed by atoms with Gasteiger partial charge in [0.2, 0.25) is 5.13 Å². The zero-order chi connectivity index (χ0) is 17.8. The minimum absolute atomic E-state index is 0.249. The van der Waals surface area contributed by atoms with Crippen LogP contribution in [0.4, 0.5) is 5.13 Å². The van der Waals surface area contributed by atoms with E-state index in [1.165, 1.54) is 11.3 Å². The molecule has 0 saturated heterocycles. The van der Waals surface area contributed by atoms with Crippen LogP contribution in [0, 0.1) is 6.92 Å². The molecule has 1 aromatic carbocycles. The van der Waals surface area contributed by atoms with Crippen molar-refractivity contribution in [3.63, 3.8) is 0 Å². The van der Waals surface area contributed by atoms with E-state index in [9.17, 15) is 4.79 Å². The lowest BCUT2D eigenvalue weighted by Gasteiger charge is -2.00. The fraction of sp³-hybridized carbons (Fsp3) is 0.176. The van der Waals surface area contributed by atoms with Gasteiger partial charge in [0.25, 0.3) is 5.91 Å². The van der Waals surface area contributed by atoms with E-state index < -0.39 is 0 Å². The first kappa shape index (κ1) is 16.8. The molecule has 8 heteroatoms. The summed E-state index contributed by atoms with van der Waals surface area (Å²) in [6, 6.07) is 8.87. The summed E-state index contributed by atoms with van der Waals surface area (Å²) in [5.41, 5.74) is 2.18. The van der Waals surface area contributed by atoms with Crippen LogP contribution in [-0.4, -0.2) is 26.1 Å². The number of hydrogen-bond acceptors (Lipinski definition) is 6. The fourth-order valence-electron chi connectivity index (χ4n) is 2.22. The van der Waals surface area contributed by atoms with Crippen molar-refractivity contribution in [3.8, 4) is 10.8 Å². The highest BCUT2D eigenvalue weighted by Gasteiger charge is 2.13. The van der Waals surface area contributed by atoms with Gasteiger partial charge < -0.3 is 9.40 Å². The van der Waals surface area contributed by atoms with Gasteiger partial charge in [-0.15, -0.1) is 10.2 Å². The van der Waals surface area contributed by atoms with Crippen molar-refractivity contribution in [3.05, 3.63) is 48.0 Å².